The van der Waals surface area contributed by atoms with E-state index < -0.39 is 0 Å². The Labute approximate surface area is 68.1 Å². The van der Waals surface area contributed by atoms with E-state index >= 15 is 0 Å². The maximum Gasteiger partial charge on any atom is 0.243 e. The zero-order valence-corrected chi connectivity index (χ0v) is 7.52. The molecule has 0 aliphatic heterocycles. The molecule has 0 aromatic carbocycles. The Morgan fingerprint density at radius 2 is 2.18 bits per heavy atom. The van der Waals surface area contributed by atoms with Gasteiger partial charge in [-0.05, 0) is 12.8 Å². The number of rotatable bonds is 5. The molecule has 0 heterocycles. The monoisotopic (exact) mass is 159 g/mol. The number of carbonyl (C=O) groups excluding carboxylic acids is 1. The summed E-state index contributed by atoms with van der Waals surface area (Å²) in [5, 5.41) is 0. The van der Waals surface area contributed by atoms with Gasteiger partial charge in [-0.15, -0.1) is 0 Å². The second kappa shape index (κ2) is 6.16. The van der Waals surface area contributed by atoms with Gasteiger partial charge in [0.15, 0.2) is 0 Å². The Hall–Kier alpha value is -0.570. The van der Waals surface area contributed by atoms with Gasteiger partial charge in [-0.1, -0.05) is 20.3 Å². The van der Waals surface area contributed by atoms with E-state index in [0.717, 1.165) is 6.42 Å². The van der Waals surface area contributed by atoms with Crippen molar-refractivity contribution in [3.05, 3.63) is 0 Å². The summed E-state index contributed by atoms with van der Waals surface area (Å²) < 4.78 is 0. The smallest absolute Gasteiger partial charge is 0.243 e. The highest BCUT2D eigenvalue weighted by molar-refractivity contribution is 5.74. The molecule has 1 amide bonds. The third-order valence-corrected chi connectivity index (χ3v) is 1.56. The highest BCUT2D eigenvalue weighted by atomic mass is 16.6. The number of hydrogen-bond donors (Lipinski definition) is 1. The molecule has 0 aliphatic rings. The Kier molecular flexibility index (Phi) is 5.84. The van der Waals surface area contributed by atoms with Crippen molar-refractivity contribution < 1.29 is 9.63 Å². The number of amides is 1. The summed E-state index contributed by atoms with van der Waals surface area (Å²) in [7, 11) is 0. The normalized spacial score (nSPS) is 12.6. The molecule has 3 heteroatoms. The lowest BCUT2D eigenvalue weighted by Crippen LogP contribution is -2.24. The van der Waals surface area contributed by atoms with E-state index in [0.29, 0.717) is 18.9 Å². The minimum absolute atomic E-state index is 0.0267. The van der Waals surface area contributed by atoms with Crippen molar-refractivity contribution in [3.8, 4) is 0 Å². The largest absolute Gasteiger partial charge is 0.274 e. The molecule has 0 saturated heterocycles. The first-order valence-electron chi connectivity index (χ1n) is 4.11. The Balaban J connectivity index is 3.36. The summed E-state index contributed by atoms with van der Waals surface area (Å²) in [6, 6.07) is 0. The fourth-order valence-electron chi connectivity index (χ4n) is 0.655. The summed E-state index contributed by atoms with van der Waals surface area (Å²) in [5.41, 5.74) is 2.36. The van der Waals surface area contributed by atoms with Crippen LogP contribution in [-0.4, -0.2) is 12.5 Å². The molecule has 0 bridgehead atoms. The molecule has 0 aromatic heterocycles. The SMILES string of the molecule is CCONC(=O)CC(C)CC. The molecule has 0 spiro atoms. The van der Waals surface area contributed by atoms with Crippen LogP contribution in [0.25, 0.3) is 0 Å². The van der Waals surface area contributed by atoms with E-state index in [9.17, 15) is 4.79 Å². The quantitative estimate of drug-likeness (QED) is 0.617. The van der Waals surface area contributed by atoms with Gasteiger partial charge < -0.3 is 0 Å². The second-order valence-corrected chi connectivity index (χ2v) is 2.68. The Bertz CT molecular complexity index is 115. The van der Waals surface area contributed by atoms with Gasteiger partial charge >= 0.3 is 0 Å². The molecule has 0 aliphatic carbocycles. The van der Waals surface area contributed by atoms with Crippen molar-refractivity contribution in [2.24, 2.45) is 5.92 Å². The fourth-order valence-corrected chi connectivity index (χ4v) is 0.655. The summed E-state index contributed by atoms with van der Waals surface area (Å²) in [4.78, 5) is 15.7. The second-order valence-electron chi connectivity index (χ2n) is 2.68. The summed E-state index contributed by atoms with van der Waals surface area (Å²) in [5.74, 6) is 0.414. The zero-order valence-electron chi connectivity index (χ0n) is 7.52. The van der Waals surface area contributed by atoms with Crippen LogP contribution in [0.4, 0.5) is 0 Å². The van der Waals surface area contributed by atoms with Crippen LogP contribution < -0.4 is 5.48 Å². The standard InChI is InChI=1S/C8H17NO2/c1-4-7(3)6-8(10)9-11-5-2/h7H,4-6H2,1-3H3,(H,9,10). The van der Waals surface area contributed by atoms with Gasteiger partial charge in [0.2, 0.25) is 5.91 Å². The van der Waals surface area contributed by atoms with Gasteiger partial charge in [0.1, 0.15) is 0 Å². The van der Waals surface area contributed by atoms with Crippen molar-refractivity contribution >= 4 is 5.91 Å². The van der Waals surface area contributed by atoms with Gasteiger partial charge in [-0.25, -0.2) is 5.48 Å². The third kappa shape index (κ3) is 5.85. The van der Waals surface area contributed by atoms with Crippen LogP contribution in [0.5, 0.6) is 0 Å². The van der Waals surface area contributed by atoms with Crippen LogP contribution in [0.3, 0.4) is 0 Å². The lowest BCUT2D eigenvalue weighted by molar-refractivity contribution is -0.134. The minimum Gasteiger partial charge on any atom is -0.274 e. The number of hydrogen-bond acceptors (Lipinski definition) is 2. The van der Waals surface area contributed by atoms with Gasteiger partial charge in [0, 0.05) is 6.42 Å². The zero-order chi connectivity index (χ0) is 8.69. The van der Waals surface area contributed by atoms with Gasteiger partial charge in [-0.3, -0.25) is 9.63 Å². The van der Waals surface area contributed by atoms with E-state index in [4.69, 9.17) is 4.84 Å². The maximum atomic E-state index is 10.9. The Morgan fingerprint density at radius 3 is 2.64 bits per heavy atom. The molecule has 0 rings (SSSR count). The van der Waals surface area contributed by atoms with Crippen LogP contribution in [0.15, 0.2) is 0 Å². The van der Waals surface area contributed by atoms with Crippen LogP contribution in [-0.2, 0) is 9.63 Å². The predicted molar refractivity (Wildman–Crippen MR) is 43.8 cm³/mol. The molecule has 3 nitrogen and oxygen atoms in total. The average molecular weight is 159 g/mol. The number of hydroxylamine groups is 1. The highest BCUT2D eigenvalue weighted by Crippen LogP contribution is 2.04. The van der Waals surface area contributed by atoms with E-state index in [1.165, 1.54) is 0 Å². The van der Waals surface area contributed by atoms with Crippen molar-refractivity contribution in [2.45, 2.75) is 33.6 Å². The van der Waals surface area contributed by atoms with Crippen molar-refractivity contribution in [1.29, 1.82) is 0 Å². The van der Waals surface area contributed by atoms with Crippen molar-refractivity contribution in [3.63, 3.8) is 0 Å². The topological polar surface area (TPSA) is 38.3 Å². The first kappa shape index (κ1) is 10.4. The van der Waals surface area contributed by atoms with E-state index in [-0.39, 0.29) is 5.91 Å². The molecular formula is C8H17NO2. The third-order valence-electron chi connectivity index (χ3n) is 1.56. The summed E-state index contributed by atoms with van der Waals surface area (Å²) >= 11 is 0. The minimum atomic E-state index is -0.0267. The van der Waals surface area contributed by atoms with Crippen molar-refractivity contribution in [1.82, 2.24) is 5.48 Å². The molecule has 11 heavy (non-hydrogen) atoms. The van der Waals surface area contributed by atoms with Crippen LogP contribution >= 0.6 is 0 Å². The van der Waals surface area contributed by atoms with E-state index in [1.807, 2.05) is 13.8 Å². The first-order valence-corrected chi connectivity index (χ1v) is 4.11. The lowest BCUT2D eigenvalue weighted by Gasteiger charge is -2.07. The molecular weight excluding hydrogens is 142 g/mol. The molecule has 0 saturated carbocycles. The fraction of sp³-hybridized carbons (Fsp3) is 0.875. The predicted octanol–water partition coefficient (Wildman–Crippen LogP) is 1.49. The molecule has 66 valence electrons. The van der Waals surface area contributed by atoms with Crippen LogP contribution in [0, 0.1) is 5.92 Å². The Morgan fingerprint density at radius 1 is 1.55 bits per heavy atom. The molecule has 0 aromatic rings. The summed E-state index contributed by atoms with van der Waals surface area (Å²) in [6.45, 7) is 6.47. The molecule has 0 fully saturated rings. The molecule has 1 N–H and O–H groups in total. The van der Waals surface area contributed by atoms with Gasteiger partial charge in [0.25, 0.3) is 0 Å². The van der Waals surface area contributed by atoms with E-state index in [1.54, 1.807) is 0 Å². The van der Waals surface area contributed by atoms with Crippen LogP contribution in [0.1, 0.15) is 33.6 Å². The first-order chi connectivity index (χ1) is 5.20. The number of nitrogens with one attached hydrogen (secondary N) is 1. The molecule has 1 atom stereocenters. The van der Waals surface area contributed by atoms with Gasteiger partial charge in [0.05, 0.1) is 6.61 Å². The average Bonchev–Trinajstić information content (AvgIpc) is 2.00. The summed E-state index contributed by atoms with van der Waals surface area (Å²) in [6.07, 6.45) is 1.58. The molecule has 1 unspecified atom stereocenters. The van der Waals surface area contributed by atoms with E-state index in [2.05, 4.69) is 12.4 Å². The van der Waals surface area contributed by atoms with Crippen molar-refractivity contribution in [2.75, 3.05) is 6.61 Å². The van der Waals surface area contributed by atoms with Crippen LogP contribution in [0.2, 0.25) is 0 Å². The lowest BCUT2D eigenvalue weighted by atomic mass is 10.1. The maximum absolute atomic E-state index is 10.9. The molecule has 0 radical (unpaired) electrons. The highest BCUT2D eigenvalue weighted by Gasteiger charge is 2.05. The number of carbonyl (C=O) groups is 1. The van der Waals surface area contributed by atoms with Gasteiger partial charge in [-0.2, -0.15) is 0 Å².